The molecule has 2 rings (SSSR count). The van der Waals surface area contributed by atoms with Crippen molar-refractivity contribution in [2.75, 3.05) is 18.8 Å². The molecule has 1 amide bonds. The second-order valence-corrected chi connectivity index (χ2v) is 6.60. The van der Waals surface area contributed by atoms with Crippen LogP contribution in [0.3, 0.4) is 0 Å². The molecule has 0 radical (unpaired) electrons. The number of likely N-dealkylation sites (tertiary alicyclic amines) is 1. The summed E-state index contributed by atoms with van der Waals surface area (Å²) in [5.41, 5.74) is 1.38. The third kappa shape index (κ3) is 4.09. The number of carbonyl (C=O) groups is 1. The number of hydrogen-bond donors (Lipinski definition) is 1. The monoisotopic (exact) mass is 309 g/mol. The van der Waals surface area contributed by atoms with Crippen molar-refractivity contribution in [3.63, 3.8) is 0 Å². The van der Waals surface area contributed by atoms with Crippen molar-refractivity contribution in [2.45, 2.75) is 45.2 Å². The van der Waals surface area contributed by atoms with E-state index in [-0.39, 0.29) is 11.5 Å². The summed E-state index contributed by atoms with van der Waals surface area (Å²) in [6.45, 7) is 7.69. The Morgan fingerprint density at radius 1 is 1.43 bits per heavy atom. The number of nitrogens with one attached hydrogen (secondary N) is 1. The number of nitrogens with zero attached hydrogens (tertiary/aromatic N) is 2. The maximum Gasteiger partial charge on any atom is 0.254 e. The Hall–Kier alpha value is -1.30. The molecule has 5 nitrogen and oxygen atoms in total. The fourth-order valence-corrected chi connectivity index (χ4v) is 3.36. The zero-order chi connectivity index (χ0) is 15.4. The lowest BCUT2D eigenvalue weighted by molar-refractivity contribution is -0.129. The van der Waals surface area contributed by atoms with Gasteiger partial charge in [0.2, 0.25) is 5.91 Å². The largest absolute Gasteiger partial charge is 0.342 e. The lowest BCUT2D eigenvalue weighted by Gasteiger charge is -2.30. The Labute approximate surface area is 129 Å². The minimum atomic E-state index is -0.0910. The molecule has 1 aromatic rings. The third-order valence-corrected chi connectivity index (χ3v) is 4.88. The van der Waals surface area contributed by atoms with E-state index in [4.69, 9.17) is 0 Å². The average molecular weight is 309 g/mol. The summed E-state index contributed by atoms with van der Waals surface area (Å²) in [6, 6.07) is 0. The highest BCUT2D eigenvalue weighted by molar-refractivity contribution is 7.99. The highest BCUT2D eigenvalue weighted by Crippen LogP contribution is 2.18. The van der Waals surface area contributed by atoms with Gasteiger partial charge in [0.05, 0.1) is 5.75 Å². The van der Waals surface area contributed by atoms with Gasteiger partial charge in [-0.2, -0.15) is 0 Å². The molecule has 0 atom stereocenters. The molecule has 0 aromatic carbocycles. The number of thioether (sulfide) groups is 1. The molecule has 0 spiro atoms. The van der Waals surface area contributed by atoms with Crippen LogP contribution in [0.5, 0.6) is 0 Å². The van der Waals surface area contributed by atoms with Gasteiger partial charge in [0.15, 0.2) is 5.16 Å². The second-order valence-electron chi connectivity index (χ2n) is 5.64. The van der Waals surface area contributed by atoms with Gasteiger partial charge in [-0.15, -0.1) is 0 Å². The molecular weight excluding hydrogens is 286 g/mol. The number of H-pyrrole nitrogens is 1. The SMILES string of the molecule is CCc1c(C)nc(SCC(=O)N2CCC(C)CC2)[nH]c1=O. The first-order chi connectivity index (χ1) is 10.0. The van der Waals surface area contributed by atoms with Crippen LogP contribution in [0.25, 0.3) is 0 Å². The average Bonchev–Trinajstić information content (AvgIpc) is 2.45. The predicted molar refractivity (Wildman–Crippen MR) is 84.7 cm³/mol. The Balaban J connectivity index is 1.94. The van der Waals surface area contributed by atoms with Crippen LogP contribution in [-0.4, -0.2) is 39.6 Å². The fourth-order valence-electron chi connectivity index (χ4n) is 2.55. The highest BCUT2D eigenvalue weighted by Gasteiger charge is 2.20. The van der Waals surface area contributed by atoms with Crippen molar-refractivity contribution in [1.29, 1.82) is 0 Å². The summed E-state index contributed by atoms with van der Waals surface area (Å²) in [5.74, 6) is 1.18. The summed E-state index contributed by atoms with van der Waals surface area (Å²) >= 11 is 1.31. The molecule has 0 aliphatic carbocycles. The first-order valence-corrected chi connectivity index (χ1v) is 8.50. The molecule has 0 bridgehead atoms. The Bertz CT molecular complexity index is 563. The van der Waals surface area contributed by atoms with E-state index < -0.39 is 0 Å². The first-order valence-electron chi connectivity index (χ1n) is 7.51. The van der Waals surface area contributed by atoms with E-state index in [0.29, 0.717) is 23.2 Å². The molecule has 1 aliphatic rings. The van der Waals surface area contributed by atoms with Crippen molar-refractivity contribution >= 4 is 17.7 Å². The van der Waals surface area contributed by atoms with E-state index in [1.165, 1.54) is 11.8 Å². The predicted octanol–water partition coefficient (Wildman–Crippen LogP) is 1.99. The number of rotatable bonds is 4. The number of hydrogen-bond acceptors (Lipinski definition) is 4. The first kappa shape index (κ1) is 16.1. The molecule has 0 saturated carbocycles. The van der Waals surface area contributed by atoms with E-state index in [1.54, 1.807) is 0 Å². The number of carbonyl (C=O) groups excluding carboxylic acids is 1. The number of piperidine rings is 1. The summed E-state index contributed by atoms with van der Waals surface area (Å²) in [7, 11) is 0. The minimum absolute atomic E-state index is 0.0910. The highest BCUT2D eigenvalue weighted by atomic mass is 32.2. The van der Waals surface area contributed by atoms with Crippen LogP contribution in [0.4, 0.5) is 0 Å². The molecule has 1 N–H and O–H groups in total. The Morgan fingerprint density at radius 2 is 2.10 bits per heavy atom. The molecule has 1 aromatic heterocycles. The Kier molecular flexibility index (Phi) is 5.45. The van der Waals surface area contributed by atoms with Crippen LogP contribution >= 0.6 is 11.8 Å². The van der Waals surface area contributed by atoms with Gasteiger partial charge in [-0.1, -0.05) is 25.6 Å². The lowest BCUT2D eigenvalue weighted by Crippen LogP contribution is -2.39. The maximum atomic E-state index is 12.2. The summed E-state index contributed by atoms with van der Waals surface area (Å²) in [6.07, 6.45) is 2.83. The van der Waals surface area contributed by atoms with Crippen LogP contribution in [0.1, 0.15) is 37.9 Å². The second kappa shape index (κ2) is 7.11. The van der Waals surface area contributed by atoms with Gasteiger partial charge in [-0.05, 0) is 32.1 Å². The normalized spacial score (nSPS) is 16.2. The number of aryl methyl sites for hydroxylation is 1. The van der Waals surface area contributed by atoms with Crippen molar-refractivity contribution in [1.82, 2.24) is 14.9 Å². The van der Waals surface area contributed by atoms with Crippen molar-refractivity contribution in [2.24, 2.45) is 5.92 Å². The molecule has 1 fully saturated rings. The van der Waals surface area contributed by atoms with Crippen LogP contribution in [0, 0.1) is 12.8 Å². The van der Waals surface area contributed by atoms with E-state index in [0.717, 1.165) is 37.2 Å². The number of aromatic amines is 1. The third-order valence-electron chi connectivity index (χ3n) is 4.02. The summed E-state index contributed by atoms with van der Waals surface area (Å²) in [4.78, 5) is 33.1. The van der Waals surface area contributed by atoms with Gasteiger partial charge in [0.1, 0.15) is 0 Å². The van der Waals surface area contributed by atoms with E-state index in [9.17, 15) is 9.59 Å². The van der Waals surface area contributed by atoms with Crippen LogP contribution in [0.15, 0.2) is 9.95 Å². The van der Waals surface area contributed by atoms with Gasteiger partial charge in [0.25, 0.3) is 5.56 Å². The fraction of sp³-hybridized carbons (Fsp3) is 0.667. The zero-order valence-corrected chi connectivity index (χ0v) is 13.8. The number of aromatic nitrogens is 2. The standard InChI is InChI=1S/C15H23N3O2S/c1-4-12-11(3)16-15(17-14(12)20)21-9-13(19)18-7-5-10(2)6-8-18/h10H,4-9H2,1-3H3,(H,16,17,20). The van der Waals surface area contributed by atoms with E-state index in [2.05, 4.69) is 16.9 Å². The number of amides is 1. The van der Waals surface area contributed by atoms with Gasteiger partial charge in [0, 0.05) is 24.3 Å². The molecule has 21 heavy (non-hydrogen) atoms. The van der Waals surface area contributed by atoms with Gasteiger partial charge in [-0.3, -0.25) is 9.59 Å². The maximum absolute atomic E-state index is 12.2. The molecular formula is C15H23N3O2S. The van der Waals surface area contributed by atoms with E-state index in [1.807, 2.05) is 18.7 Å². The van der Waals surface area contributed by atoms with Crippen molar-refractivity contribution in [3.8, 4) is 0 Å². The minimum Gasteiger partial charge on any atom is -0.342 e. The molecule has 0 unspecified atom stereocenters. The molecule has 1 aliphatic heterocycles. The molecule has 6 heteroatoms. The molecule has 2 heterocycles. The van der Waals surface area contributed by atoms with Gasteiger partial charge in [-0.25, -0.2) is 4.98 Å². The van der Waals surface area contributed by atoms with E-state index >= 15 is 0 Å². The quantitative estimate of drug-likeness (QED) is 0.682. The Morgan fingerprint density at radius 3 is 2.67 bits per heavy atom. The van der Waals surface area contributed by atoms with Crippen molar-refractivity contribution < 1.29 is 4.79 Å². The van der Waals surface area contributed by atoms with Crippen LogP contribution in [-0.2, 0) is 11.2 Å². The van der Waals surface area contributed by atoms with Crippen LogP contribution < -0.4 is 5.56 Å². The summed E-state index contributed by atoms with van der Waals surface area (Å²) < 4.78 is 0. The van der Waals surface area contributed by atoms with Crippen LogP contribution in [0.2, 0.25) is 0 Å². The zero-order valence-electron chi connectivity index (χ0n) is 12.9. The van der Waals surface area contributed by atoms with Crippen molar-refractivity contribution in [3.05, 3.63) is 21.6 Å². The van der Waals surface area contributed by atoms with Gasteiger partial charge < -0.3 is 9.88 Å². The smallest absolute Gasteiger partial charge is 0.254 e. The molecule has 1 saturated heterocycles. The molecule has 116 valence electrons. The lowest BCUT2D eigenvalue weighted by atomic mass is 9.99. The topological polar surface area (TPSA) is 66.1 Å². The summed E-state index contributed by atoms with van der Waals surface area (Å²) in [5, 5.41) is 0.536. The van der Waals surface area contributed by atoms with Gasteiger partial charge >= 0.3 is 0 Å².